The van der Waals surface area contributed by atoms with Crippen molar-refractivity contribution in [2.75, 3.05) is 6.54 Å². The molecule has 1 atom stereocenters. The van der Waals surface area contributed by atoms with Crippen molar-refractivity contribution >= 4 is 23.7 Å². The Bertz CT molecular complexity index is 549. The van der Waals surface area contributed by atoms with Gasteiger partial charge in [-0.25, -0.2) is 0 Å². The lowest BCUT2D eigenvalue weighted by atomic mass is 10.2. The molecule has 0 aliphatic carbocycles. The van der Waals surface area contributed by atoms with Gasteiger partial charge in [0.25, 0.3) is 5.91 Å². The molecule has 1 aromatic carbocycles. The highest BCUT2D eigenvalue weighted by Crippen LogP contribution is 2.26. The molecule has 2 heterocycles. The number of amides is 2. The molecule has 0 bridgehead atoms. The lowest BCUT2D eigenvalue weighted by molar-refractivity contribution is -0.108. The zero-order valence-electron chi connectivity index (χ0n) is 11.6. The molecule has 3 rings (SSSR count). The summed E-state index contributed by atoms with van der Waals surface area (Å²) in [6.07, 6.45) is 3.03. The zero-order chi connectivity index (χ0) is 14.9. The maximum Gasteiger partial charge on any atom is 0.257 e. The fourth-order valence-electron chi connectivity index (χ4n) is 2.14. The third kappa shape index (κ3) is 4.81. The molecule has 0 saturated carbocycles. The molecule has 1 aliphatic rings. The summed E-state index contributed by atoms with van der Waals surface area (Å²) in [6, 6.07) is 13.6. The topological polar surface area (TPSA) is 58.2 Å². The summed E-state index contributed by atoms with van der Waals surface area (Å²) in [5, 5.41) is 7.66. The summed E-state index contributed by atoms with van der Waals surface area (Å²) in [4.78, 5) is 22.3. The van der Waals surface area contributed by atoms with Crippen molar-refractivity contribution in [2.45, 2.75) is 18.9 Å². The second kappa shape index (κ2) is 8.34. The Labute approximate surface area is 128 Å². The summed E-state index contributed by atoms with van der Waals surface area (Å²) in [5.41, 5.74) is 0.486. The number of hydrogen-bond acceptors (Lipinski definition) is 4. The van der Waals surface area contributed by atoms with Gasteiger partial charge in [-0.3, -0.25) is 14.9 Å². The molecule has 1 fully saturated rings. The number of hydrogen-bond donors (Lipinski definition) is 2. The highest BCUT2D eigenvalue weighted by molar-refractivity contribution is 7.10. The summed E-state index contributed by atoms with van der Waals surface area (Å²) >= 11 is 1.86. The van der Waals surface area contributed by atoms with Crippen LogP contribution in [0, 0.1) is 0 Å². The second-order valence-electron chi connectivity index (χ2n) is 4.62. The van der Waals surface area contributed by atoms with Crippen molar-refractivity contribution in [1.29, 1.82) is 0 Å². The van der Waals surface area contributed by atoms with Gasteiger partial charge in [-0.05, 0) is 43.0 Å². The van der Waals surface area contributed by atoms with E-state index in [0.29, 0.717) is 18.0 Å². The molecule has 1 aliphatic heterocycles. The van der Waals surface area contributed by atoms with Crippen LogP contribution in [-0.2, 0) is 4.79 Å². The van der Waals surface area contributed by atoms with E-state index in [0.717, 1.165) is 0 Å². The smallest absolute Gasteiger partial charge is 0.257 e. The molecule has 2 aromatic rings. The molecule has 2 N–H and O–H groups in total. The lowest BCUT2D eigenvalue weighted by Crippen LogP contribution is -2.20. The van der Waals surface area contributed by atoms with E-state index in [1.165, 1.54) is 24.3 Å². The normalized spacial score (nSPS) is 16.7. The van der Waals surface area contributed by atoms with E-state index < -0.39 is 0 Å². The van der Waals surface area contributed by atoms with Crippen LogP contribution in [0.4, 0.5) is 0 Å². The maximum absolute atomic E-state index is 10.9. The Morgan fingerprint density at radius 1 is 1.24 bits per heavy atom. The molecule has 0 spiro atoms. The highest BCUT2D eigenvalue weighted by Gasteiger charge is 2.15. The maximum atomic E-state index is 10.9. The van der Waals surface area contributed by atoms with E-state index in [1.54, 1.807) is 30.3 Å². The first kappa shape index (κ1) is 15.4. The van der Waals surface area contributed by atoms with Crippen LogP contribution in [0.2, 0.25) is 0 Å². The van der Waals surface area contributed by atoms with Crippen molar-refractivity contribution in [3.05, 3.63) is 58.3 Å². The molecule has 1 aromatic heterocycles. The molecule has 0 radical (unpaired) electrons. The Kier molecular flexibility index (Phi) is 6.12. The van der Waals surface area contributed by atoms with Gasteiger partial charge in [0.05, 0.1) is 0 Å². The number of carbonyl (C=O) groups excluding carboxylic acids is 2. The molecular formula is C16H18N2O2S. The van der Waals surface area contributed by atoms with Crippen LogP contribution in [0.25, 0.3) is 0 Å². The van der Waals surface area contributed by atoms with Crippen LogP contribution in [0.15, 0.2) is 47.8 Å². The minimum absolute atomic E-state index is 0.370. The van der Waals surface area contributed by atoms with Gasteiger partial charge >= 0.3 is 0 Å². The SMILES string of the molecule is O=CNC(=O)c1ccccc1.c1csc(C2CCCN2)c1. The Balaban J connectivity index is 0.000000154. The van der Waals surface area contributed by atoms with E-state index in [1.807, 2.05) is 16.7 Å². The Morgan fingerprint density at radius 3 is 2.62 bits per heavy atom. The second-order valence-corrected chi connectivity index (χ2v) is 5.60. The van der Waals surface area contributed by atoms with Crippen LogP contribution < -0.4 is 10.6 Å². The first-order valence-electron chi connectivity index (χ1n) is 6.87. The van der Waals surface area contributed by atoms with Crippen LogP contribution in [0.3, 0.4) is 0 Å². The van der Waals surface area contributed by atoms with Gasteiger partial charge in [0.15, 0.2) is 0 Å². The summed E-state index contributed by atoms with van der Waals surface area (Å²) in [7, 11) is 0. The molecule has 21 heavy (non-hydrogen) atoms. The van der Waals surface area contributed by atoms with E-state index in [4.69, 9.17) is 0 Å². The number of carbonyl (C=O) groups is 2. The summed E-state index contributed by atoms with van der Waals surface area (Å²) in [5.74, 6) is -0.374. The van der Waals surface area contributed by atoms with Gasteiger partial charge in [-0.1, -0.05) is 24.3 Å². The summed E-state index contributed by atoms with van der Waals surface area (Å²) < 4.78 is 0. The van der Waals surface area contributed by atoms with Crippen molar-refractivity contribution in [2.24, 2.45) is 0 Å². The predicted octanol–water partition coefficient (Wildman–Crippen LogP) is 2.75. The number of nitrogens with one attached hydrogen (secondary N) is 2. The van der Waals surface area contributed by atoms with Crippen molar-refractivity contribution in [3.8, 4) is 0 Å². The first-order chi connectivity index (χ1) is 10.3. The van der Waals surface area contributed by atoms with Crippen molar-refractivity contribution < 1.29 is 9.59 Å². The quantitative estimate of drug-likeness (QED) is 0.857. The molecule has 110 valence electrons. The largest absolute Gasteiger partial charge is 0.309 e. The van der Waals surface area contributed by atoms with Gasteiger partial charge in [-0.15, -0.1) is 11.3 Å². The number of rotatable bonds is 3. The van der Waals surface area contributed by atoms with Gasteiger partial charge in [0.1, 0.15) is 0 Å². The van der Waals surface area contributed by atoms with Gasteiger partial charge in [0, 0.05) is 16.5 Å². The molecule has 1 unspecified atom stereocenters. The Morgan fingerprint density at radius 2 is 2.05 bits per heavy atom. The number of imide groups is 1. The lowest BCUT2D eigenvalue weighted by Gasteiger charge is -2.04. The van der Waals surface area contributed by atoms with Gasteiger partial charge < -0.3 is 5.32 Å². The standard InChI is InChI=1S/C8H7NO2.C8H11NS/c10-6-9-8(11)7-4-2-1-3-5-7;1-3-7(9-5-1)8-4-2-6-10-8/h1-6H,(H,9,10,11);2,4,6-7,9H,1,3,5H2. The number of benzene rings is 1. The predicted molar refractivity (Wildman–Crippen MR) is 84.3 cm³/mol. The highest BCUT2D eigenvalue weighted by atomic mass is 32.1. The van der Waals surface area contributed by atoms with E-state index in [2.05, 4.69) is 22.8 Å². The minimum Gasteiger partial charge on any atom is -0.309 e. The van der Waals surface area contributed by atoms with Gasteiger partial charge in [-0.2, -0.15) is 0 Å². The van der Waals surface area contributed by atoms with Crippen LogP contribution in [-0.4, -0.2) is 18.9 Å². The average Bonchev–Trinajstić information content (AvgIpc) is 3.22. The van der Waals surface area contributed by atoms with E-state index >= 15 is 0 Å². The average molecular weight is 302 g/mol. The molecule has 5 heteroatoms. The van der Waals surface area contributed by atoms with E-state index in [-0.39, 0.29) is 5.91 Å². The van der Waals surface area contributed by atoms with E-state index in [9.17, 15) is 9.59 Å². The monoisotopic (exact) mass is 302 g/mol. The Hall–Kier alpha value is -1.98. The van der Waals surface area contributed by atoms with Crippen molar-refractivity contribution in [3.63, 3.8) is 0 Å². The molecule has 2 amide bonds. The number of thiophene rings is 1. The molecular weight excluding hydrogens is 284 g/mol. The van der Waals surface area contributed by atoms with Crippen LogP contribution >= 0.6 is 11.3 Å². The molecule has 4 nitrogen and oxygen atoms in total. The fraction of sp³-hybridized carbons (Fsp3) is 0.250. The van der Waals surface area contributed by atoms with Crippen molar-refractivity contribution in [1.82, 2.24) is 10.6 Å². The minimum atomic E-state index is -0.374. The molecule has 1 saturated heterocycles. The third-order valence-electron chi connectivity index (χ3n) is 3.17. The van der Waals surface area contributed by atoms with Crippen LogP contribution in [0.5, 0.6) is 0 Å². The first-order valence-corrected chi connectivity index (χ1v) is 7.75. The fourth-order valence-corrected chi connectivity index (χ4v) is 2.98. The van der Waals surface area contributed by atoms with Gasteiger partial charge in [0.2, 0.25) is 6.41 Å². The van der Waals surface area contributed by atoms with Crippen LogP contribution in [0.1, 0.15) is 34.1 Å². The third-order valence-corrected chi connectivity index (χ3v) is 4.16. The summed E-state index contributed by atoms with van der Waals surface area (Å²) in [6.45, 7) is 1.20. The zero-order valence-corrected chi connectivity index (χ0v) is 12.4.